The molecule has 0 radical (unpaired) electrons. The maximum Gasteiger partial charge on any atom is 0.238 e. The smallest absolute Gasteiger partial charge is 0.238 e. The predicted octanol–water partition coefficient (Wildman–Crippen LogP) is 1.85. The van der Waals surface area contributed by atoms with Crippen LogP contribution in [0.5, 0.6) is 0 Å². The first-order valence-corrected chi connectivity index (χ1v) is 7.95. The summed E-state index contributed by atoms with van der Waals surface area (Å²) in [5.74, 6) is 0.0923. The first-order valence-electron chi connectivity index (χ1n) is 6.40. The number of carbonyl (C=O) groups excluding carboxylic acids is 1. The Balaban J connectivity index is 2.01. The number of nitrogens with one attached hydrogen (secondary N) is 1. The van der Waals surface area contributed by atoms with Crippen molar-refractivity contribution in [2.75, 3.05) is 5.32 Å². The minimum atomic E-state index is -3.68. The maximum absolute atomic E-state index is 12.0. The van der Waals surface area contributed by atoms with Crippen LogP contribution in [-0.4, -0.2) is 14.3 Å². The van der Waals surface area contributed by atoms with Crippen LogP contribution in [0.1, 0.15) is 32.1 Å². The molecule has 19 heavy (non-hydrogen) atoms. The van der Waals surface area contributed by atoms with Crippen molar-refractivity contribution in [3.8, 4) is 0 Å². The molecule has 1 aliphatic carbocycles. The number of hydrogen-bond acceptors (Lipinski definition) is 3. The summed E-state index contributed by atoms with van der Waals surface area (Å²) >= 11 is 0. The summed E-state index contributed by atoms with van der Waals surface area (Å²) in [4.78, 5) is 12.0. The molecule has 104 valence electrons. The molecule has 0 unspecified atom stereocenters. The van der Waals surface area contributed by atoms with Crippen molar-refractivity contribution in [2.24, 2.45) is 11.1 Å². The molecule has 2 rings (SSSR count). The number of rotatable bonds is 3. The Kier molecular flexibility index (Phi) is 4.21. The Labute approximate surface area is 113 Å². The highest BCUT2D eigenvalue weighted by molar-refractivity contribution is 7.89. The molecule has 5 nitrogen and oxygen atoms in total. The van der Waals surface area contributed by atoms with Gasteiger partial charge < -0.3 is 5.32 Å². The Morgan fingerprint density at radius 1 is 1.11 bits per heavy atom. The minimum Gasteiger partial charge on any atom is -0.326 e. The SMILES string of the molecule is NS(=O)(=O)c1ccc(NC(=O)C2CCCCC2)cc1. The minimum absolute atomic E-state index is 0.0167. The zero-order valence-corrected chi connectivity index (χ0v) is 11.4. The van der Waals surface area contributed by atoms with Gasteiger partial charge in [-0.15, -0.1) is 0 Å². The molecule has 1 aromatic carbocycles. The standard InChI is InChI=1S/C13H18N2O3S/c14-19(17,18)12-8-6-11(7-9-12)15-13(16)10-4-2-1-3-5-10/h6-10H,1-5H2,(H,15,16)(H2,14,17,18). The predicted molar refractivity (Wildman–Crippen MR) is 73.0 cm³/mol. The maximum atomic E-state index is 12.0. The van der Waals surface area contributed by atoms with Crippen LogP contribution < -0.4 is 10.5 Å². The Morgan fingerprint density at radius 3 is 2.21 bits per heavy atom. The van der Waals surface area contributed by atoms with Gasteiger partial charge in [-0.25, -0.2) is 13.6 Å². The molecule has 3 N–H and O–H groups in total. The van der Waals surface area contributed by atoms with Gasteiger partial charge in [-0.05, 0) is 37.1 Å². The first-order chi connectivity index (χ1) is 8.97. The average molecular weight is 282 g/mol. The molecule has 0 heterocycles. The van der Waals surface area contributed by atoms with E-state index in [0.717, 1.165) is 25.7 Å². The summed E-state index contributed by atoms with van der Waals surface area (Å²) in [5.41, 5.74) is 0.600. The highest BCUT2D eigenvalue weighted by Gasteiger charge is 2.21. The molecular formula is C13H18N2O3S. The van der Waals surface area contributed by atoms with Crippen molar-refractivity contribution in [3.05, 3.63) is 24.3 Å². The van der Waals surface area contributed by atoms with Crippen LogP contribution >= 0.6 is 0 Å². The van der Waals surface area contributed by atoms with Gasteiger partial charge in [0.15, 0.2) is 0 Å². The lowest BCUT2D eigenvalue weighted by Crippen LogP contribution is -2.24. The lowest BCUT2D eigenvalue weighted by Gasteiger charge is -2.20. The highest BCUT2D eigenvalue weighted by Crippen LogP contribution is 2.25. The summed E-state index contributed by atoms with van der Waals surface area (Å²) in [7, 11) is -3.68. The van der Waals surface area contributed by atoms with E-state index in [2.05, 4.69) is 5.32 Å². The zero-order chi connectivity index (χ0) is 13.9. The van der Waals surface area contributed by atoms with Gasteiger partial charge in [-0.3, -0.25) is 4.79 Å². The molecular weight excluding hydrogens is 264 g/mol. The van der Waals surface area contributed by atoms with Crippen LogP contribution in [0.15, 0.2) is 29.2 Å². The van der Waals surface area contributed by atoms with Crippen LogP contribution in [0.3, 0.4) is 0 Å². The Hall–Kier alpha value is -1.40. The fraction of sp³-hybridized carbons (Fsp3) is 0.462. The monoisotopic (exact) mass is 282 g/mol. The first kappa shape index (κ1) is 14.0. The van der Waals surface area contributed by atoms with Gasteiger partial charge in [-0.2, -0.15) is 0 Å². The van der Waals surface area contributed by atoms with Gasteiger partial charge in [0.25, 0.3) is 0 Å². The van der Waals surface area contributed by atoms with Crippen LogP contribution in [0.2, 0.25) is 0 Å². The quantitative estimate of drug-likeness (QED) is 0.886. The fourth-order valence-electron chi connectivity index (χ4n) is 2.34. The van der Waals surface area contributed by atoms with Crippen molar-refractivity contribution in [1.29, 1.82) is 0 Å². The number of primary sulfonamides is 1. The van der Waals surface area contributed by atoms with Gasteiger partial charge in [0.05, 0.1) is 4.90 Å². The molecule has 6 heteroatoms. The Bertz CT molecular complexity index is 546. The molecule has 1 aliphatic rings. The van der Waals surface area contributed by atoms with E-state index < -0.39 is 10.0 Å². The molecule has 0 atom stereocenters. The molecule has 0 aliphatic heterocycles. The number of anilines is 1. The van der Waals surface area contributed by atoms with Crippen molar-refractivity contribution in [1.82, 2.24) is 0 Å². The van der Waals surface area contributed by atoms with Crippen molar-refractivity contribution < 1.29 is 13.2 Å². The second-order valence-electron chi connectivity index (χ2n) is 4.89. The third kappa shape index (κ3) is 3.78. The largest absolute Gasteiger partial charge is 0.326 e. The highest BCUT2D eigenvalue weighted by atomic mass is 32.2. The van der Waals surface area contributed by atoms with Crippen LogP contribution in [0.4, 0.5) is 5.69 Å². The summed E-state index contributed by atoms with van der Waals surface area (Å²) in [6, 6.07) is 5.90. The van der Waals surface area contributed by atoms with E-state index in [1.165, 1.54) is 18.6 Å². The molecule has 0 spiro atoms. The van der Waals surface area contributed by atoms with E-state index in [1.54, 1.807) is 12.1 Å². The summed E-state index contributed by atoms with van der Waals surface area (Å²) in [5, 5.41) is 7.83. The van der Waals surface area contributed by atoms with Crippen molar-refractivity contribution >= 4 is 21.6 Å². The van der Waals surface area contributed by atoms with Crippen LogP contribution in [-0.2, 0) is 14.8 Å². The topological polar surface area (TPSA) is 89.3 Å². The number of carbonyl (C=O) groups is 1. The zero-order valence-electron chi connectivity index (χ0n) is 10.6. The molecule has 1 saturated carbocycles. The summed E-state index contributed by atoms with van der Waals surface area (Å²) in [6.45, 7) is 0. The summed E-state index contributed by atoms with van der Waals surface area (Å²) in [6.07, 6.45) is 5.26. The van der Waals surface area contributed by atoms with Gasteiger partial charge >= 0.3 is 0 Å². The van der Waals surface area contributed by atoms with Gasteiger partial charge in [0.2, 0.25) is 15.9 Å². The van der Waals surface area contributed by atoms with E-state index in [0.29, 0.717) is 5.69 Å². The van der Waals surface area contributed by atoms with Crippen LogP contribution in [0, 0.1) is 5.92 Å². The fourth-order valence-corrected chi connectivity index (χ4v) is 2.85. The summed E-state index contributed by atoms with van der Waals surface area (Å²) < 4.78 is 22.2. The molecule has 0 bridgehead atoms. The number of amides is 1. The molecule has 1 aromatic rings. The van der Waals surface area contributed by atoms with E-state index in [1.807, 2.05) is 0 Å². The van der Waals surface area contributed by atoms with E-state index in [4.69, 9.17) is 5.14 Å². The third-order valence-electron chi connectivity index (χ3n) is 3.43. The lowest BCUT2D eigenvalue weighted by atomic mass is 9.88. The third-order valence-corrected chi connectivity index (χ3v) is 4.36. The van der Waals surface area contributed by atoms with E-state index >= 15 is 0 Å². The Morgan fingerprint density at radius 2 is 1.68 bits per heavy atom. The van der Waals surface area contributed by atoms with Gasteiger partial charge in [0, 0.05) is 11.6 Å². The number of hydrogen-bond donors (Lipinski definition) is 2. The molecule has 0 aromatic heterocycles. The number of benzene rings is 1. The normalized spacial score (nSPS) is 17.1. The van der Waals surface area contributed by atoms with E-state index in [9.17, 15) is 13.2 Å². The molecule has 1 fully saturated rings. The van der Waals surface area contributed by atoms with Crippen LogP contribution in [0.25, 0.3) is 0 Å². The van der Waals surface area contributed by atoms with E-state index in [-0.39, 0.29) is 16.7 Å². The average Bonchev–Trinajstić information content (AvgIpc) is 2.39. The van der Waals surface area contributed by atoms with Gasteiger partial charge in [0.1, 0.15) is 0 Å². The second kappa shape index (κ2) is 5.71. The van der Waals surface area contributed by atoms with Gasteiger partial charge in [-0.1, -0.05) is 19.3 Å². The molecule has 0 saturated heterocycles. The van der Waals surface area contributed by atoms with Crippen molar-refractivity contribution in [2.45, 2.75) is 37.0 Å². The number of sulfonamides is 1. The lowest BCUT2D eigenvalue weighted by molar-refractivity contribution is -0.120. The molecule has 1 amide bonds. The number of nitrogens with two attached hydrogens (primary N) is 1. The second-order valence-corrected chi connectivity index (χ2v) is 6.45. The van der Waals surface area contributed by atoms with Crippen molar-refractivity contribution in [3.63, 3.8) is 0 Å².